The van der Waals surface area contributed by atoms with Crippen molar-refractivity contribution < 1.29 is 9.47 Å². The van der Waals surface area contributed by atoms with Gasteiger partial charge in [-0.15, -0.1) is 0 Å². The molecule has 1 aliphatic rings. The van der Waals surface area contributed by atoms with Crippen LogP contribution in [0.15, 0.2) is 18.2 Å². The van der Waals surface area contributed by atoms with E-state index in [2.05, 4.69) is 30.5 Å². The molecule has 18 heavy (non-hydrogen) atoms. The summed E-state index contributed by atoms with van der Waals surface area (Å²) in [6.07, 6.45) is 1.14. The summed E-state index contributed by atoms with van der Waals surface area (Å²) in [6.45, 7) is 7.63. The first kappa shape index (κ1) is 13.2. The van der Waals surface area contributed by atoms with Crippen molar-refractivity contribution in [3.8, 4) is 11.5 Å². The molecule has 0 amide bonds. The van der Waals surface area contributed by atoms with Crippen molar-refractivity contribution >= 4 is 0 Å². The fourth-order valence-electron chi connectivity index (χ4n) is 1.89. The maximum absolute atomic E-state index is 5.35. The van der Waals surface area contributed by atoms with Gasteiger partial charge in [-0.05, 0) is 37.2 Å². The quantitative estimate of drug-likeness (QED) is 0.725. The molecule has 0 unspecified atom stereocenters. The topological polar surface area (TPSA) is 42.5 Å². The monoisotopic (exact) mass is 250 g/mol. The Morgan fingerprint density at radius 2 is 2.00 bits per heavy atom. The lowest BCUT2D eigenvalue weighted by molar-refractivity contribution is 0.174. The highest BCUT2D eigenvalue weighted by Gasteiger charge is 2.12. The Kier molecular flexibility index (Phi) is 4.84. The van der Waals surface area contributed by atoms with Crippen LogP contribution in [0.2, 0.25) is 0 Å². The van der Waals surface area contributed by atoms with Crippen molar-refractivity contribution in [2.75, 3.05) is 19.9 Å². The molecule has 0 spiro atoms. The van der Waals surface area contributed by atoms with Crippen molar-refractivity contribution in [2.45, 2.75) is 32.9 Å². The van der Waals surface area contributed by atoms with E-state index in [0.717, 1.165) is 37.6 Å². The minimum absolute atomic E-state index is 0.340. The Morgan fingerprint density at radius 3 is 2.83 bits per heavy atom. The molecule has 0 fully saturated rings. The number of rotatable bonds is 7. The second kappa shape index (κ2) is 6.61. The Morgan fingerprint density at radius 1 is 1.17 bits per heavy atom. The van der Waals surface area contributed by atoms with Crippen LogP contribution in [0.4, 0.5) is 0 Å². The van der Waals surface area contributed by atoms with Crippen LogP contribution in [-0.2, 0) is 6.54 Å². The lowest BCUT2D eigenvalue weighted by Crippen LogP contribution is -2.26. The lowest BCUT2D eigenvalue weighted by Gasteiger charge is -2.09. The molecule has 0 radical (unpaired) electrons. The Labute approximate surface area is 109 Å². The van der Waals surface area contributed by atoms with Gasteiger partial charge in [0, 0.05) is 12.6 Å². The molecule has 1 aromatic rings. The first-order valence-corrected chi connectivity index (χ1v) is 6.58. The number of benzene rings is 1. The summed E-state index contributed by atoms with van der Waals surface area (Å²) in [4.78, 5) is 0. The highest BCUT2D eigenvalue weighted by molar-refractivity contribution is 5.44. The van der Waals surface area contributed by atoms with Gasteiger partial charge in [0.1, 0.15) is 0 Å². The Hall–Kier alpha value is -1.26. The zero-order valence-corrected chi connectivity index (χ0v) is 11.2. The molecular formula is C14H22N2O2. The van der Waals surface area contributed by atoms with Crippen LogP contribution in [0.1, 0.15) is 25.8 Å². The molecule has 0 saturated heterocycles. The van der Waals surface area contributed by atoms with Gasteiger partial charge in [-0.3, -0.25) is 0 Å². The third kappa shape index (κ3) is 3.89. The zero-order chi connectivity index (χ0) is 12.8. The van der Waals surface area contributed by atoms with Gasteiger partial charge < -0.3 is 20.1 Å². The maximum Gasteiger partial charge on any atom is 0.231 e. The highest BCUT2D eigenvalue weighted by Crippen LogP contribution is 2.32. The predicted molar refractivity (Wildman–Crippen MR) is 72.0 cm³/mol. The molecule has 4 nitrogen and oxygen atoms in total. The van der Waals surface area contributed by atoms with E-state index in [1.54, 1.807) is 0 Å². The normalized spacial score (nSPS) is 13.3. The van der Waals surface area contributed by atoms with Crippen LogP contribution < -0.4 is 20.1 Å². The average molecular weight is 250 g/mol. The number of nitrogens with one attached hydrogen (secondary N) is 2. The molecule has 1 heterocycles. The standard InChI is InChI=1S/C14H22N2O2/c1-11(2)16-7-3-6-15-9-12-4-5-13-14(8-12)18-10-17-13/h4-5,8,11,15-16H,3,6-7,9-10H2,1-2H3. The van der Waals surface area contributed by atoms with Crippen LogP contribution in [0, 0.1) is 0 Å². The minimum Gasteiger partial charge on any atom is -0.454 e. The molecule has 0 aromatic heterocycles. The molecule has 1 aliphatic heterocycles. The van der Waals surface area contributed by atoms with E-state index < -0.39 is 0 Å². The van der Waals surface area contributed by atoms with E-state index in [0.29, 0.717) is 12.8 Å². The molecule has 100 valence electrons. The largest absolute Gasteiger partial charge is 0.454 e. The molecule has 0 atom stereocenters. The Bertz CT molecular complexity index is 380. The fourth-order valence-corrected chi connectivity index (χ4v) is 1.89. The van der Waals surface area contributed by atoms with Gasteiger partial charge in [0.2, 0.25) is 6.79 Å². The van der Waals surface area contributed by atoms with E-state index in [9.17, 15) is 0 Å². The summed E-state index contributed by atoms with van der Waals surface area (Å²) in [5.41, 5.74) is 1.23. The first-order chi connectivity index (χ1) is 8.75. The smallest absolute Gasteiger partial charge is 0.231 e. The number of fused-ring (bicyclic) bond motifs is 1. The molecule has 0 saturated carbocycles. The van der Waals surface area contributed by atoms with Crippen molar-refractivity contribution in [1.82, 2.24) is 10.6 Å². The van der Waals surface area contributed by atoms with Gasteiger partial charge in [-0.1, -0.05) is 19.9 Å². The van der Waals surface area contributed by atoms with Crippen molar-refractivity contribution in [3.05, 3.63) is 23.8 Å². The van der Waals surface area contributed by atoms with Crippen LogP contribution >= 0.6 is 0 Å². The van der Waals surface area contributed by atoms with Gasteiger partial charge >= 0.3 is 0 Å². The van der Waals surface area contributed by atoms with Crippen molar-refractivity contribution in [2.24, 2.45) is 0 Å². The second-order valence-corrected chi connectivity index (χ2v) is 4.83. The van der Waals surface area contributed by atoms with Crippen LogP contribution in [0.3, 0.4) is 0 Å². The maximum atomic E-state index is 5.35. The van der Waals surface area contributed by atoms with E-state index >= 15 is 0 Å². The lowest BCUT2D eigenvalue weighted by atomic mass is 10.2. The molecule has 2 N–H and O–H groups in total. The summed E-state index contributed by atoms with van der Waals surface area (Å²) >= 11 is 0. The second-order valence-electron chi connectivity index (χ2n) is 4.83. The summed E-state index contributed by atoms with van der Waals surface area (Å²) in [7, 11) is 0. The molecule has 2 rings (SSSR count). The first-order valence-electron chi connectivity index (χ1n) is 6.58. The number of hydrogen-bond acceptors (Lipinski definition) is 4. The third-order valence-electron chi connectivity index (χ3n) is 2.85. The van der Waals surface area contributed by atoms with Crippen LogP contribution in [-0.4, -0.2) is 25.9 Å². The van der Waals surface area contributed by atoms with Gasteiger partial charge in [0.25, 0.3) is 0 Å². The molecule has 0 aliphatic carbocycles. The molecule has 1 aromatic carbocycles. The predicted octanol–water partition coefficient (Wildman–Crippen LogP) is 1.89. The van der Waals surface area contributed by atoms with Gasteiger partial charge in [0.05, 0.1) is 0 Å². The molecular weight excluding hydrogens is 228 g/mol. The van der Waals surface area contributed by atoms with Crippen LogP contribution in [0.5, 0.6) is 11.5 Å². The summed E-state index contributed by atoms with van der Waals surface area (Å²) < 4.78 is 10.6. The fraction of sp³-hybridized carbons (Fsp3) is 0.571. The summed E-state index contributed by atoms with van der Waals surface area (Å²) in [5, 5.41) is 6.83. The van der Waals surface area contributed by atoms with Gasteiger partial charge in [-0.2, -0.15) is 0 Å². The number of ether oxygens (including phenoxy) is 2. The van der Waals surface area contributed by atoms with Gasteiger partial charge in [0.15, 0.2) is 11.5 Å². The van der Waals surface area contributed by atoms with Crippen molar-refractivity contribution in [3.63, 3.8) is 0 Å². The van der Waals surface area contributed by atoms with E-state index in [1.807, 2.05) is 12.1 Å². The summed E-state index contributed by atoms with van der Waals surface area (Å²) in [6, 6.07) is 6.66. The SMILES string of the molecule is CC(C)NCCCNCc1ccc2c(c1)OCO2. The minimum atomic E-state index is 0.340. The Balaban J connectivity index is 1.65. The zero-order valence-electron chi connectivity index (χ0n) is 11.2. The summed E-state index contributed by atoms with van der Waals surface area (Å²) in [5.74, 6) is 1.70. The van der Waals surface area contributed by atoms with Crippen LogP contribution in [0.25, 0.3) is 0 Å². The van der Waals surface area contributed by atoms with E-state index in [4.69, 9.17) is 9.47 Å². The molecule has 0 bridgehead atoms. The van der Waals surface area contributed by atoms with Crippen molar-refractivity contribution in [1.29, 1.82) is 0 Å². The third-order valence-corrected chi connectivity index (χ3v) is 2.85. The average Bonchev–Trinajstić information content (AvgIpc) is 2.80. The number of hydrogen-bond donors (Lipinski definition) is 2. The van der Waals surface area contributed by atoms with Gasteiger partial charge in [-0.25, -0.2) is 0 Å². The highest BCUT2D eigenvalue weighted by atomic mass is 16.7. The molecule has 4 heteroatoms. The van der Waals surface area contributed by atoms with E-state index in [1.165, 1.54) is 5.56 Å². The van der Waals surface area contributed by atoms with E-state index in [-0.39, 0.29) is 0 Å².